The van der Waals surface area contributed by atoms with E-state index in [0.717, 1.165) is 22.3 Å². The van der Waals surface area contributed by atoms with Crippen LogP contribution in [-0.4, -0.2) is 5.54 Å². The highest BCUT2D eigenvalue weighted by atomic mass is 79.9. The molecule has 80 valence electrons. The monoisotopic (exact) mass is 285 g/mol. The molecule has 0 saturated heterocycles. The van der Waals surface area contributed by atoms with Crippen LogP contribution in [0.15, 0.2) is 22.7 Å². The maximum absolute atomic E-state index is 6.36. The lowest BCUT2D eigenvalue weighted by molar-refractivity contribution is 0.503. The lowest BCUT2D eigenvalue weighted by atomic mass is 9.86. The third kappa shape index (κ3) is 1.38. The second-order valence-electron chi connectivity index (χ2n) is 4.86. The maximum Gasteiger partial charge on any atom is 0.0445 e. The molecule has 3 rings (SSSR count). The molecular formula is C12H13BrClN. The molecule has 0 aromatic heterocycles. The van der Waals surface area contributed by atoms with Crippen molar-refractivity contribution in [2.45, 2.75) is 36.6 Å². The standard InChI is InChI=1S/C12H13BrClN/c13-8-1-2-10(14)9(7-8)11(3-4-11)12(15)5-6-12/h1-2,7H,3-6,15H2. The molecule has 2 saturated carbocycles. The summed E-state index contributed by atoms with van der Waals surface area (Å²) >= 11 is 9.78. The zero-order chi connectivity index (χ0) is 10.7. The Morgan fingerprint density at radius 2 is 1.87 bits per heavy atom. The van der Waals surface area contributed by atoms with Gasteiger partial charge < -0.3 is 5.73 Å². The van der Waals surface area contributed by atoms with E-state index in [0.29, 0.717) is 0 Å². The first-order chi connectivity index (χ1) is 7.07. The fraction of sp³-hybridized carbons (Fsp3) is 0.500. The van der Waals surface area contributed by atoms with Gasteiger partial charge in [-0.2, -0.15) is 0 Å². The van der Waals surface area contributed by atoms with Crippen LogP contribution in [0.5, 0.6) is 0 Å². The van der Waals surface area contributed by atoms with Crippen LogP contribution in [0.4, 0.5) is 0 Å². The normalized spacial score (nSPS) is 25.0. The van der Waals surface area contributed by atoms with E-state index < -0.39 is 0 Å². The van der Waals surface area contributed by atoms with Crippen molar-refractivity contribution in [1.29, 1.82) is 0 Å². The van der Waals surface area contributed by atoms with Crippen LogP contribution in [0.25, 0.3) is 0 Å². The summed E-state index contributed by atoms with van der Waals surface area (Å²) < 4.78 is 1.09. The SMILES string of the molecule is NC1(C2(c3cc(Br)ccc3Cl)CC2)CC1. The minimum absolute atomic E-state index is 0.0391. The van der Waals surface area contributed by atoms with Gasteiger partial charge in [-0.3, -0.25) is 0 Å². The first-order valence-electron chi connectivity index (χ1n) is 5.32. The Balaban J connectivity index is 2.09. The molecule has 2 fully saturated rings. The van der Waals surface area contributed by atoms with E-state index in [1.807, 2.05) is 12.1 Å². The van der Waals surface area contributed by atoms with Crippen LogP contribution >= 0.6 is 27.5 Å². The van der Waals surface area contributed by atoms with Gasteiger partial charge in [0.15, 0.2) is 0 Å². The lowest BCUT2D eigenvalue weighted by Gasteiger charge is -2.24. The van der Waals surface area contributed by atoms with Crippen LogP contribution < -0.4 is 5.73 Å². The van der Waals surface area contributed by atoms with E-state index in [2.05, 4.69) is 22.0 Å². The van der Waals surface area contributed by atoms with Crippen molar-refractivity contribution in [2.24, 2.45) is 5.73 Å². The zero-order valence-corrected chi connectivity index (χ0v) is 10.7. The largest absolute Gasteiger partial charge is 0.324 e. The van der Waals surface area contributed by atoms with Crippen LogP contribution in [-0.2, 0) is 5.41 Å². The first kappa shape index (κ1) is 10.1. The molecule has 15 heavy (non-hydrogen) atoms. The van der Waals surface area contributed by atoms with Gasteiger partial charge >= 0.3 is 0 Å². The fourth-order valence-electron chi connectivity index (χ4n) is 2.64. The van der Waals surface area contributed by atoms with Gasteiger partial charge in [0.25, 0.3) is 0 Å². The molecule has 0 radical (unpaired) electrons. The number of rotatable bonds is 2. The van der Waals surface area contributed by atoms with Crippen molar-refractivity contribution in [3.63, 3.8) is 0 Å². The molecule has 1 aromatic carbocycles. The topological polar surface area (TPSA) is 26.0 Å². The van der Waals surface area contributed by atoms with E-state index in [4.69, 9.17) is 17.3 Å². The van der Waals surface area contributed by atoms with E-state index >= 15 is 0 Å². The van der Waals surface area contributed by atoms with Gasteiger partial charge in [-0.25, -0.2) is 0 Å². The summed E-state index contributed by atoms with van der Waals surface area (Å²) in [6, 6.07) is 6.09. The highest BCUT2D eigenvalue weighted by Crippen LogP contribution is 2.64. The van der Waals surface area contributed by atoms with Crippen molar-refractivity contribution >= 4 is 27.5 Å². The Kier molecular flexibility index (Phi) is 2.02. The molecule has 0 heterocycles. The lowest BCUT2D eigenvalue weighted by Crippen LogP contribution is -2.37. The van der Waals surface area contributed by atoms with Crippen molar-refractivity contribution < 1.29 is 0 Å². The summed E-state index contributed by atoms with van der Waals surface area (Å²) in [7, 11) is 0. The summed E-state index contributed by atoms with van der Waals surface area (Å²) in [5.41, 5.74) is 7.84. The highest BCUT2D eigenvalue weighted by Gasteiger charge is 2.64. The molecule has 0 aliphatic heterocycles. The van der Waals surface area contributed by atoms with Gasteiger partial charge in [0.05, 0.1) is 0 Å². The number of hydrogen-bond acceptors (Lipinski definition) is 1. The predicted molar refractivity (Wildman–Crippen MR) is 66.2 cm³/mol. The van der Waals surface area contributed by atoms with Gasteiger partial charge in [-0.05, 0) is 49.4 Å². The average Bonchev–Trinajstić information content (AvgIpc) is 3.05. The molecule has 1 aromatic rings. The summed E-state index contributed by atoms with van der Waals surface area (Å²) in [5, 5.41) is 0.868. The highest BCUT2D eigenvalue weighted by molar-refractivity contribution is 9.10. The van der Waals surface area contributed by atoms with E-state index in [1.165, 1.54) is 18.4 Å². The molecule has 0 bridgehead atoms. The van der Waals surface area contributed by atoms with Crippen LogP contribution in [0.1, 0.15) is 31.2 Å². The van der Waals surface area contributed by atoms with E-state index in [1.54, 1.807) is 0 Å². The van der Waals surface area contributed by atoms with Crippen molar-refractivity contribution in [2.75, 3.05) is 0 Å². The number of benzene rings is 1. The molecule has 0 unspecified atom stereocenters. The molecule has 2 aliphatic rings. The van der Waals surface area contributed by atoms with Gasteiger partial charge in [0.1, 0.15) is 0 Å². The predicted octanol–water partition coefficient (Wildman–Crippen LogP) is 3.63. The molecule has 1 nitrogen and oxygen atoms in total. The average molecular weight is 287 g/mol. The number of halogens is 2. The molecule has 2 aliphatic carbocycles. The minimum atomic E-state index is 0.0391. The summed E-state index contributed by atoms with van der Waals surface area (Å²) in [6.45, 7) is 0. The van der Waals surface area contributed by atoms with E-state index in [-0.39, 0.29) is 11.0 Å². The Hall–Kier alpha value is -0.0500. The summed E-state index contributed by atoms with van der Waals surface area (Å²) in [5.74, 6) is 0. The zero-order valence-electron chi connectivity index (χ0n) is 8.39. The third-order valence-electron chi connectivity index (χ3n) is 3.94. The Morgan fingerprint density at radius 1 is 1.20 bits per heavy atom. The van der Waals surface area contributed by atoms with Gasteiger partial charge in [-0.1, -0.05) is 27.5 Å². The first-order valence-corrected chi connectivity index (χ1v) is 6.49. The Labute approximate surface area is 103 Å². The fourth-order valence-corrected chi connectivity index (χ4v) is 3.30. The number of hydrogen-bond donors (Lipinski definition) is 1. The molecule has 3 heteroatoms. The smallest absolute Gasteiger partial charge is 0.0445 e. The molecule has 0 spiro atoms. The van der Waals surface area contributed by atoms with Gasteiger partial charge in [0, 0.05) is 20.4 Å². The maximum atomic E-state index is 6.36. The van der Waals surface area contributed by atoms with Gasteiger partial charge in [-0.15, -0.1) is 0 Å². The second-order valence-corrected chi connectivity index (χ2v) is 6.19. The van der Waals surface area contributed by atoms with Gasteiger partial charge in [0.2, 0.25) is 0 Å². The molecule has 2 N–H and O–H groups in total. The molecular weight excluding hydrogens is 273 g/mol. The molecule has 0 amide bonds. The van der Waals surface area contributed by atoms with Crippen LogP contribution in [0.2, 0.25) is 5.02 Å². The van der Waals surface area contributed by atoms with Crippen molar-refractivity contribution in [1.82, 2.24) is 0 Å². The molecule has 0 atom stereocenters. The van der Waals surface area contributed by atoms with Crippen molar-refractivity contribution in [3.05, 3.63) is 33.3 Å². The van der Waals surface area contributed by atoms with Crippen LogP contribution in [0, 0.1) is 0 Å². The minimum Gasteiger partial charge on any atom is -0.324 e. The quantitative estimate of drug-likeness (QED) is 0.883. The van der Waals surface area contributed by atoms with Crippen LogP contribution in [0.3, 0.4) is 0 Å². The van der Waals surface area contributed by atoms with E-state index in [9.17, 15) is 0 Å². The summed E-state index contributed by atoms with van der Waals surface area (Å²) in [6.07, 6.45) is 4.69. The Morgan fingerprint density at radius 3 is 2.40 bits per heavy atom. The van der Waals surface area contributed by atoms with Crippen molar-refractivity contribution in [3.8, 4) is 0 Å². The summed E-state index contributed by atoms with van der Waals surface area (Å²) in [4.78, 5) is 0. The number of nitrogens with two attached hydrogens (primary N) is 1. The third-order valence-corrected chi connectivity index (χ3v) is 4.76. The second kappa shape index (κ2) is 2.99. The Bertz CT molecular complexity index is 422.